The summed E-state index contributed by atoms with van der Waals surface area (Å²) in [6.45, 7) is 0. The van der Waals surface area contributed by atoms with E-state index in [1.165, 1.54) is 12.3 Å². The molecule has 1 aromatic heterocycles. The van der Waals surface area contributed by atoms with Crippen molar-refractivity contribution >= 4 is 17.4 Å². The van der Waals surface area contributed by atoms with Crippen LogP contribution >= 0.6 is 0 Å². The zero-order valence-corrected chi connectivity index (χ0v) is 10.8. The maximum Gasteiger partial charge on any atom is 0.392 e. The van der Waals surface area contributed by atoms with Gasteiger partial charge < -0.3 is 11.1 Å². The molecule has 0 bridgehead atoms. The largest absolute Gasteiger partial charge is 0.396 e. The lowest BCUT2D eigenvalue weighted by molar-refractivity contribution is -0.197. The number of anilines is 2. The number of halogens is 3. The first-order chi connectivity index (χ1) is 9.39. The van der Waals surface area contributed by atoms with E-state index in [0.29, 0.717) is 12.8 Å². The van der Waals surface area contributed by atoms with E-state index >= 15 is 0 Å². The van der Waals surface area contributed by atoms with E-state index in [1.807, 2.05) is 0 Å². The summed E-state index contributed by atoms with van der Waals surface area (Å²) in [4.78, 5) is 15.9. The van der Waals surface area contributed by atoms with Crippen LogP contribution in [0.1, 0.15) is 25.7 Å². The van der Waals surface area contributed by atoms with E-state index in [4.69, 9.17) is 5.73 Å². The zero-order chi connectivity index (χ0) is 14.8. The molecule has 0 saturated heterocycles. The molecule has 2 atom stereocenters. The number of nitrogen functional groups attached to an aromatic ring is 1. The minimum absolute atomic E-state index is 0.000707. The van der Waals surface area contributed by atoms with Crippen LogP contribution in [-0.2, 0) is 4.79 Å². The number of aromatic nitrogens is 1. The third kappa shape index (κ3) is 3.20. The van der Waals surface area contributed by atoms with Crippen LogP contribution in [0.3, 0.4) is 0 Å². The topological polar surface area (TPSA) is 68.0 Å². The molecule has 1 fully saturated rings. The Morgan fingerprint density at radius 1 is 1.35 bits per heavy atom. The number of pyridine rings is 1. The molecule has 1 aromatic rings. The highest BCUT2D eigenvalue weighted by Crippen LogP contribution is 2.41. The number of nitrogens with zero attached hydrogens (tertiary/aromatic N) is 1. The standard InChI is InChI=1S/C13H16F3N3O/c14-13(15,16)9-5-2-1-4-8(9)12(20)19-11-10(17)6-3-7-18-11/h3,6-9H,1-2,4-5,17H2,(H,18,19,20). The smallest absolute Gasteiger partial charge is 0.392 e. The zero-order valence-electron chi connectivity index (χ0n) is 10.8. The fourth-order valence-electron chi connectivity index (χ4n) is 2.57. The van der Waals surface area contributed by atoms with Gasteiger partial charge in [-0.2, -0.15) is 13.2 Å². The van der Waals surface area contributed by atoms with Crippen molar-refractivity contribution in [2.45, 2.75) is 31.9 Å². The first-order valence-corrected chi connectivity index (χ1v) is 6.47. The van der Waals surface area contributed by atoms with Gasteiger partial charge in [-0.15, -0.1) is 0 Å². The molecule has 4 nitrogen and oxygen atoms in total. The monoisotopic (exact) mass is 287 g/mol. The van der Waals surface area contributed by atoms with Crippen molar-refractivity contribution < 1.29 is 18.0 Å². The Hall–Kier alpha value is -1.79. The lowest BCUT2D eigenvalue weighted by Gasteiger charge is -2.31. The third-order valence-electron chi connectivity index (χ3n) is 3.60. The van der Waals surface area contributed by atoms with Gasteiger partial charge in [0.2, 0.25) is 5.91 Å². The second-order valence-corrected chi connectivity index (χ2v) is 4.97. The van der Waals surface area contributed by atoms with E-state index < -0.39 is 23.9 Å². The molecule has 1 amide bonds. The maximum absolute atomic E-state index is 12.9. The number of alkyl halides is 3. The van der Waals surface area contributed by atoms with E-state index in [9.17, 15) is 18.0 Å². The normalized spacial score (nSPS) is 23.4. The molecule has 3 N–H and O–H groups in total. The molecule has 0 aromatic carbocycles. The quantitative estimate of drug-likeness (QED) is 0.878. The van der Waals surface area contributed by atoms with Crippen molar-refractivity contribution in [3.05, 3.63) is 18.3 Å². The number of nitrogens with one attached hydrogen (secondary N) is 1. The average molecular weight is 287 g/mol. The minimum atomic E-state index is -4.35. The first kappa shape index (κ1) is 14.6. The molecule has 1 aliphatic rings. The first-order valence-electron chi connectivity index (χ1n) is 6.47. The van der Waals surface area contributed by atoms with Gasteiger partial charge in [-0.05, 0) is 25.0 Å². The Morgan fingerprint density at radius 2 is 2.05 bits per heavy atom. The van der Waals surface area contributed by atoms with Crippen LogP contribution in [0.2, 0.25) is 0 Å². The number of nitrogens with two attached hydrogens (primary N) is 1. The summed E-state index contributed by atoms with van der Waals surface area (Å²) in [7, 11) is 0. The molecule has 0 aliphatic heterocycles. The van der Waals surface area contributed by atoms with E-state index in [-0.39, 0.29) is 24.3 Å². The van der Waals surface area contributed by atoms with Gasteiger partial charge in [0, 0.05) is 12.1 Å². The van der Waals surface area contributed by atoms with Crippen molar-refractivity contribution in [3.8, 4) is 0 Å². The highest BCUT2D eigenvalue weighted by Gasteiger charge is 2.48. The van der Waals surface area contributed by atoms with Crippen LogP contribution in [0.25, 0.3) is 0 Å². The minimum Gasteiger partial charge on any atom is -0.396 e. The molecular weight excluding hydrogens is 271 g/mol. The molecule has 0 radical (unpaired) electrons. The van der Waals surface area contributed by atoms with Crippen LogP contribution in [0.4, 0.5) is 24.7 Å². The highest BCUT2D eigenvalue weighted by atomic mass is 19.4. The van der Waals surface area contributed by atoms with Gasteiger partial charge in [-0.3, -0.25) is 4.79 Å². The number of carbonyl (C=O) groups is 1. The Morgan fingerprint density at radius 3 is 2.70 bits per heavy atom. The lowest BCUT2D eigenvalue weighted by Crippen LogP contribution is -2.39. The third-order valence-corrected chi connectivity index (χ3v) is 3.60. The summed E-state index contributed by atoms with van der Waals surface area (Å²) in [6.07, 6.45) is -1.56. The molecule has 1 saturated carbocycles. The van der Waals surface area contributed by atoms with Crippen molar-refractivity contribution in [1.29, 1.82) is 0 Å². The second kappa shape index (κ2) is 5.68. The van der Waals surface area contributed by atoms with Crippen LogP contribution in [0, 0.1) is 11.8 Å². The molecule has 20 heavy (non-hydrogen) atoms. The van der Waals surface area contributed by atoms with Gasteiger partial charge in [0.15, 0.2) is 5.82 Å². The Balaban J connectivity index is 2.13. The summed E-state index contributed by atoms with van der Waals surface area (Å²) in [5, 5.41) is 2.41. The van der Waals surface area contributed by atoms with Crippen LogP contribution in [-0.4, -0.2) is 17.1 Å². The Bertz CT molecular complexity index is 490. The molecule has 2 rings (SSSR count). The van der Waals surface area contributed by atoms with E-state index in [2.05, 4.69) is 10.3 Å². The number of rotatable bonds is 2. The van der Waals surface area contributed by atoms with Crippen molar-refractivity contribution in [2.24, 2.45) is 11.8 Å². The molecule has 1 aliphatic carbocycles. The van der Waals surface area contributed by atoms with Gasteiger partial charge in [-0.25, -0.2) is 4.98 Å². The molecular formula is C13H16F3N3O. The lowest BCUT2D eigenvalue weighted by atomic mass is 9.78. The fraction of sp³-hybridized carbons (Fsp3) is 0.538. The summed E-state index contributed by atoms with van der Waals surface area (Å²) >= 11 is 0. The second-order valence-electron chi connectivity index (χ2n) is 4.97. The average Bonchev–Trinajstić information content (AvgIpc) is 2.40. The van der Waals surface area contributed by atoms with E-state index in [1.54, 1.807) is 6.07 Å². The van der Waals surface area contributed by atoms with Gasteiger partial charge in [-0.1, -0.05) is 12.8 Å². The van der Waals surface area contributed by atoms with Gasteiger partial charge in [0.1, 0.15) is 0 Å². The van der Waals surface area contributed by atoms with Crippen molar-refractivity contribution in [2.75, 3.05) is 11.1 Å². The van der Waals surface area contributed by atoms with Gasteiger partial charge in [0.25, 0.3) is 0 Å². The Labute approximate surface area is 114 Å². The maximum atomic E-state index is 12.9. The molecule has 0 spiro atoms. The number of hydrogen-bond donors (Lipinski definition) is 2. The number of amides is 1. The fourth-order valence-corrected chi connectivity index (χ4v) is 2.57. The summed E-state index contributed by atoms with van der Waals surface area (Å²) < 4.78 is 38.8. The van der Waals surface area contributed by atoms with Gasteiger partial charge >= 0.3 is 6.18 Å². The van der Waals surface area contributed by atoms with Crippen molar-refractivity contribution in [3.63, 3.8) is 0 Å². The number of hydrogen-bond acceptors (Lipinski definition) is 3. The summed E-state index contributed by atoms with van der Waals surface area (Å²) in [6, 6.07) is 3.12. The summed E-state index contributed by atoms with van der Waals surface area (Å²) in [5.74, 6) is -3.19. The molecule has 2 unspecified atom stereocenters. The van der Waals surface area contributed by atoms with Crippen molar-refractivity contribution in [1.82, 2.24) is 4.98 Å². The molecule has 1 heterocycles. The van der Waals surface area contributed by atoms with Crippen LogP contribution in [0.5, 0.6) is 0 Å². The Kier molecular flexibility index (Phi) is 4.15. The highest BCUT2D eigenvalue weighted by molar-refractivity contribution is 5.94. The van der Waals surface area contributed by atoms with E-state index in [0.717, 1.165) is 0 Å². The predicted molar refractivity (Wildman–Crippen MR) is 68.8 cm³/mol. The SMILES string of the molecule is Nc1cccnc1NC(=O)C1CCCCC1C(F)(F)F. The molecule has 7 heteroatoms. The van der Waals surface area contributed by atoms with Gasteiger partial charge in [0.05, 0.1) is 11.6 Å². The molecule has 110 valence electrons. The van der Waals surface area contributed by atoms with Crippen LogP contribution in [0.15, 0.2) is 18.3 Å². The predicted octanol–water partition coefficient (Wildman–Crippen LogP) is 2.97. The summed E-state index contributed by atoms with van der Waals surface area (Å²) in [5.41, 5.74) is 5.86. The number of carbonyl (C=O) groups excluding carboxylic acids is 1. The van der Waals surface area contributed by atoms with Crippen LogP contribution < -0.4 is 11.1 Å².